The quantitative estimate of drug-likeness (QED) is 0.476. The highest BCUT2D eigenvalue weighted by Crippen LogP contribution is 2.27. The van der Waals surface area contributed by atoms with E-state index in [0.29, 0.717) is 33.6 Å². The molecule has 3 rings (SSSR count). The van der Waals surface area contributed by atoms with Gasteiger partial charge in [0.1, 0.15) is 5.75 Å². The molecular formula is C24H23BrN2O3. The van der Waals surface area contributed by atoms with Crippen molar-refractivity contribution in [2.75, 3.05) is 11.9 Å². The number of para-hydroxylation sites is 1. The zero-order chi connectivity index (χ0) is 21.5. The molecule has 1 unspecified atom stereocenters. The first-order valence-corrected chi connectivity index (χ1v) is 10.5. The van der Waals surface area contributed by atoms with E-state index in [-0.39, 0.29) is 17.9 Å². The molecule has 0 heterocycles. The Balaban J connectivity index is 1.75. The molecule has 0 aromatic heterocycles. The summed E-state index contributed by atoms with van der Waals surface area (Å²) in [7, 11) is 0. The molecule has 5 nitrogen and oxygen atoms in total. The highest BCUT2D eigenvalue weighted by Gasteiger charge is 2.17. The van der Waals surface area contributed by atoms with Crippen LogP contribution in [0.4, 0.5) is 5.69 Å². The van der Waals surface area contributed by atoms with Crippen LogP contribution in [0.2, 0.25) is 0 Å². The lowest BCUT2D eigenvalue weighted by molar-refractivity contribution is 0.0941. The third-order valence-electron chi connectivity index (χ3n) is 4.56. The van der Waals surface area contributed by atoms with Gasteiger partial charge in [-0.05, 0) is 65.7 Å². The molecule has 0 radical (unpaired) electrons. The Hall–Kier alpha value is -3.12. The summed E-state index contributed by atoms with van der Waals surface area (Å²) in [5.74, 6) is 0.106. The van der Waals surface area contributed by atoms with E-state index in [1.54, 1.807) is 42.5 Å². The fourth-order valence-electron chi connectivity index (χ4n) is 3.00. The molecule has 6 heteroatoms. The van der Waals surface area contributed by atoms with Gasteiger partial charge in [0.25, 0.3) is 11.8 Å². The standard InChI is InChI=1S/C24H23BrN2O3/c1-3-30-22-14-13-18(15-20(22)25)23(28)27-21-12-8-7-11-19(21)24(29)26-16(2)17-9-5-4-6-10-17/h4-16H,3H2,1-2H3,(H,26,29)(H,27,28). The van der Waals surface area contributed by atoms with E-state index in [0.717, 1.165) is 5.56 Å². The van der Waals surface area contributed by atoms with Gasteiger partial charge in [-0.1, -0.05) is 42.5 Å². The van der Waals surface area contributed by atoms with Gasteiger partial charge in [-0.25, -0.2) is 0 Å². The zero-order valence-electron chi connectivity index (χ0n) is 16.8. The van der Waals surface area contributed by atoms with E-state index >= 15 is 0 Å². The Bertz CT molecular complexity index is 1040. The maximum absolute atomic E-state index is 12.9. The number of benzene rings is 3. The molecule has 0 saturated carbocycles. The third-order valence-corrected chi connectivity index (χ3v) is 5.18. The normalized spacial score (nSPS) is 11.4. The molecule has 2 N–H and O–H groups in total. The van der Waals surface area contributed by atoms with E-state index in [2.05, 4.69) is 26.6 Å². The topological polar surface area (TPSA) is 67.4 Å². The van der Waals surface area contributed by atoms with Crippen LogP contribution in [0.15, 0.2) is 77.3 Å². The van der Waals surface area contributed by atoms with Gasteiger partial charge in [0.05, 0.1) is 28.4 Å². The van der Waals surface area contributed by atoms with Crippen LogP contribution in [0.5, 0.6) is 5.75 Å². The molecule has 1 atom stereocenters. The monoisotopic (exact) mass is 466 g/mol. The Morgan fingerprint density at radius 3 is 2.37 bits per heavy atom. The van der Waals surface area contributed by atoms with Crippen molar-refractivity contribution in [2.24, 2.45) is 0 Å². The molecule has 2 amide bonds. The number of hydrogen-bond donors (Lipinski definition) is 2. The summed E-state index contributed by atoms with van der Waals surface area (Å²) in [5.41, 5.74) is 2.31. The summed E-state index contributed by atoms with van der Waals surface area (Å²) in [5, 5.41) is 5.82. The van der Waals surface area contributed by atoms with E-state index in [1.165, 1.54) is 0 Å². The fourth-order valence-corrected chi connectivity index (χ4v) is 3.49. The molecule has 0 aliphatic rings. The minimum Gasteiger partial charge on any atom is -0.493 e. The van der Waals surface area contributed by atoms with E-state index in [4.69, 9.17) is 4.74 Å². The highest BCUT2D eigenvalue weighted by atomic mass is 79.9. The number of ether oxygens (including phenoxy) is 1. The number of nitrogens with one attached hydrogen (secondary N) is 2. The molecule has 3 aromatic rings. The van der Waals surface area contributed by atoms with Gasteiger partial charge in [-0.15, -0.1) is 0 Å². The van der Waals surface area contributed by atoms with Crippen molar-refractivity contribution < 1.29 is 14.3 Å². The predicted molar refractivity (Wildman–Crippen MR) is 122 cm³/mol. The van der Waals surface area contributed by atoms with Crippen molar-refractivity contribution >= 4 is 33.4 Å². The Morgan fingerprint density at radius 2 is 1.67 bits per heavy atom. The summed E-state index contributed by atoms with van der Waals surface area (Å²) in [6.07, 6.45) is 0. The Morgan fingerprint density at radius 1 is 0.967 bits per heavy atom. The Kier molecular flexibility index (Phi) is 7.25. The summed E-state index contributed by atoms with van der Waals surface area (Å²) >= 11 is 3.42. The lowest BCUT2D eigenvalue weighted by Crippen LogP contribution is -2.28. The van der Waals surface area contributed by atoms with Gasteiger partial charge in [0.15, 0.2) is 0 Å². The molecule has 154 valence electrons. The fraction of sp³-hybridized carbons (Fsp3) is 0.167. The van der Waals surface area contributed by atoms with Crippen LogP contribution in [0.25, 0.3) is 0 Å². The number of amides is 2. The maximum Gasteiger partial charge on any atom is 0.255 e. The number of carbonyl (C=O) groups is 2. The van der Waals surface area contributed by atoms with Crippen LogP contribution >= 0.6 is 15.9 Å². The second-order valence-corrected chi connectivity index (χ2v) is 7.54. The highest BCUT2D eigenvalue weighted by molar-refractivity contribution is 9.10. The smallest absolute Gasteiger partial charge is 0.255 e. The number of rotatable bonds is 7. The number of halogens is 1. The van der Waals surface area contributed by atoms with Crippen molar-refractivity contribution in [1.82, 2.24) is 5.32 Å². The van der Waals surface area contributed by atoms with Gasteiger partial charge in [0, 0.05) is 5.56 Å². The van der Waals surface area contributed by atoms with Crippen LogP contribution in [-0.4, -0.2) is 18.4 Å². The molecule has 30 heavy (non-hydrogen) atoms. The first-order chi connectivity index (χ1) is 14.5. The third kappa shape index (κ3) is 5.27. The molecule has 0 aliphatic heterocycles. The van der Waals surface area contributed by atoms with Gasteiger partial charge in [-0.3, -0.25) is 9.59 Å². The predicted octanol–water partition coefficient (Wildman–Crippen LogP) is 5.59. The average molecular weight is 467 g/mol. The minimum atomic E-state index is -0.310. The van der Waals surface area contributed by atoms with Gasteiger partial charge < -0.3 is 15.4 Å². The first-order valence-electron chi connectivity index (χ1n) is 9.68. The van der Waals surface area contributed by atoms with E-state index < -0.39 is 0 Å². The molecule has 0 bridgehead atoms. The molecule has 0 spiro atoms. The molecule has 0 fully saturated rings. The van der Waals surface area contributed by atoms with Crippen LogP contribution < -0.4 is 15.4 Å². The van der Waals surface area contributed by atoms with Crippen LogP contribution in [-0.2, 0) is 0 Å². The van der Waals surface area contributed by atoms with Gasteiger partial charge >= 0.3 is 0 Å². The second kappa shape index (κ2) is 10.1. The van der Waals surface area contributed by atoms with Crippen molar-refractivity contribution in [3.05, 3.63) is 94.0 Å². The molecule has 3 aromatic carbocycles. The lowest BCUT2D eigenvalue weighted by atomic mass is 10.1. The lowest BCUT2D eigenvalue weighted by Gasteiger charge is -2.16. The Labute approximate surface area is 184 Å². The summed E-state index contributed by atoms with van der Waals surface area (Å²) in [6.45, 7) is 4.35. The van der Waals surface area contributed by atoms with Crippen LogP contribution in [0, 0.1) is 0 Å². The summed E-state index contributed by atoms with van der Waals surface area (Å²) in [6, 6.07) is 21.6. The van der Waals surface area contributed by atoms with Crippen molar-refractivity contribution in [2.45, 2.75) is 19.9 Å². The number of hydrogen-bond acceptors (Lipinski definition) is 3. The largest absolute Gasteiger partial charge is 0.493 e. The van der Waals surface area contributed by atoms with Gasteiger partial charge in [0.2, 0.25) is 0 Å². The number of anilines is 1. The SMILES string of the molecule is CCOc1ccc(C(=O)Nc2ccccc2C(=O)NC(C)c2ccccc2)cc1Br. The van der Waals surface area contributed by atoms with Crippen LogP contribution in [0.1, 0.15) is 46.2 Å². The van der Waals surface area contributed by atoms with E-state index in [1.807, 2.05) is 44.2 Å². The summed E-state index contributed by atoms with van der Waals surface area (Å²) < 4.78 is 6.18. The molecule has 0 aliphatic carbocycles. The summed E-state index contributed by atoms with van der Waals surface area (Å²) in [4.78, 5) is 25.6. The minimum absolute atomic E-state index is 0.162. The van der Waals surface area contributed by atoms with Gasteiger partial charge in [-0.2, -0.15) is 0 Å². The number of carbonyl (C=O) groups excluding carboxylic acids is 2. The first kappa shape index (κ1) is 21.6. The molecule has 0 saturated heterocycles. The van der Waals surface area contributed by atoms with Crippen molar-refractivity contribution in [3.8, 4) is 5.75 Å². The second-order valence-electron chi connectivity index (χ2n) is 6.68. The average Bonchev–Trinajstić information content (AvgIpc) is 2.76. The molecular weight excluding hydrogens is 444 g/mol. The van der Waals surface area contributed by atoms with Crippen molar-refractivity contribution in [1.29, 1.82) is 0 Å². The zero-order valence-corrected chi connectivity index (χ0v) is 18.4. The maximum atomic E-state index is 12.9. The van der Waals surface area contributed by atoms with Crippen molar-refractivity contribution in [3.63, 3.8) is 0 Å². The van der Waals surface area contributed by atoms with E-state index in [9.17, 15) is 9.59 Å². The van der Waals surface area contributed by atoms with Crippen LogP contribution in [0.3, 0.4) is 0 Å².